The molecule has 0 unspecified atom stereocenters. The van der Waals surface area contributed by atoms with Gasteiger partial charge in [0.15, 0.2) is 0 Å². The standard InChI is InChI=1S/C76H58N4/c1-75(2)61-25-11-9-22-52(61)54-39-35-47(43-63(54)75)51-21-7-8-24-56(51)74-58-42-38-49(79-69-31-17-13-27-65(69)77(5)66-28-14-18-32-70(66)79)45-59(58)73(48-36-40-55-53-23-10-12-26-62(53)76(3,4)64(55)44-48)57-41-37-50(46-60(57)74)80-71-33-19-15-29-67(71)78(6)68-30-16-20-34-72(68)80/h7-46H,1-6H3. The van der Waals surface area contributed by atoms with Crippen LogP contribution in [-0.2, 0) is 10.8 Å². The van der Waals surface area contributed by atoms with Gasteiger partial charge in [-0.25, -0.2) is 0 Å². The third kappa shape index (κ3) is 6.45. The molecule has 0 N–H and O–H groups in total. The van der Waals surface area contributed by atoms with Gasteiger partial charge in [-0.1, -0.05) is 185 Å². The Hall–Kier alpha value is -9.64. The SMILES string of the molecule is CN1c2ccccc2N(c2ccc3c(-c4ccccc4-c4ccc5c(c4)C(C)(C)c4ccccc4-5)c4cc(N5c6ccccc6N(C)c6ccccc65)ccc4c(-c4ccc5c(c4)C(C)(C)c4ccccc4-5)c3c2)c2ccccc21. The largest absolute Gasteiger partial charge is 0.341 e. The second kappa shape index (κ2) is 16.9. The van der Waals surface area contributed by atoms with E-state index >= 15 is 0 Å². The molecule has 0 atom stereocenters. The highest BCUT2D eigenvalue weighted by Crippen LogP contribution is 2.58. The van der Waals surface area contributed by atoms with Gasteiger partial charge < -0.3 is 19.6 Å². The van der Waals surface area contributed by atoms with Gasteiger partial charge in [0, 0.05) is 36.3 Å². The first-order valence-electron chi connectivity index (χ1n) is 28.1. The van der Waals surface area contributed by atoms with E-state index in [0.717, 1.165) is 34.1 Å². The first-order chi connectivity index (χ1) is 39.1. The summed E-state index contributed by atoms with van der Waals surface area (Å²) in [6.45, 7) is 9.57. The molecule has 80 heavy (non-hydrogen) atoms. The van der Waals surface area contributed by atoms with Crippen molar-refractivity contribution in [1.29, 1.82) is 0 Å². The molecule has 0 fully saturated rings. The average Bonchev–Trinajstić information content (AvgIpc) is 3.98. The topological polar surface area (TPSA) is 13.0 Å². The minimum absolute atomic E-state index is 0.148. The Morgan fingerprint density at radius 2 is 0.588 bits per heavy atom. The molecule has 2 heterocycles. The van der Waals surface area contributed by atoms with E-state index in [0.29, 0.717) is 0 Å². The number of rotatable bonds is 5. The number of nitrogens with zero attached hydrogens (tertiary/aromatic N) is 4. The molecular formula is C76H58N4. The minimum atomic E-state index is -0.188. The molecule has 2 aliphatic heterocycles. The van der Waals surface area contributed by atoms with Crippen LogP contribution in [0.5, 0.6) is 0 Å². The number of hydrogen-bond acceptors (Lipinski definition) is 4. The summed E-state index contributed by atoms with van der Waals surface area (Å²) in [4.78, 5) is 9.61. The molecule has 0 amide bonds. The average molecular weight is 1030 g/mol. The van der Waals surface area contributed by atoms with Crippen molar-refractivity contribution in [3.8, 4) is 55.6 Å². The lowest BCUT2D eigenvalue weighted by Crippen LogP contribution is -2.24. The number of anilines is 10. The maximum Gasteiger partial charge on any atom is 0.0699 e. The summed E-state index contributed by atoms with van der Waals surface area (Å²) >= 11 is 0. The Bertz CT molecular complexity index is 4520. The predicted octanol–water partition coefficient (Wildman–Crippen LogP) is 20.7. The van der Waals surface area contributed by atoms with Gasteiger partial charge in [-0.3, -0.25) is 0 Å². The highest BCUT2D eigenvalue weighted by molar-refractivity contribution is 6.24. The van der Waals surface area contributed by atoms with Gasteiger partial charge in [0.25, 0.3) is 0 Å². The van der Waals surface area contributed by atoms with Crippen molar-refractivity contribution >= 4 is 78.4 Å². The summed E-state index contributed by atoms with van der Waals surface area (Å²) in [6, 6.07) is 91.6. The fourth-order valence-electron chi connectivity index (χ4n) is 14.6. The molecule has 382 valence electrons. The van der Waals surface area contributed by atoms with E-state index in [-0.39, 0.29) is 10.8 Å². The zero-order valence-electron chi connectivity index (χ0n) is 45.9. The number of hydrogen-bond donors (Lipinski definition) is 0. The van der Waals surface area contributed by atoms with Crippen molar-refractivity contribution in [2.45, 2.75) is 38.5 Å². The van der Waals surface area contributed by atoms with Gasteiger partial charge in [-0.05, 0) is 184 Å². The van der Waals surface area contributed by atoms with E-state index in [4.69, 9.17) is 0 Å². The second-order valence-corrected chi connectivity index (χ2v) is 23.4. The Morgan fingerprint density at radius 1 is 0.250 bits per heavy atom. The van der Waals surface area contributed by atoms with E-state index in [1.165, 1.54) is 122 Å². The van der Waals surface area contributed by atoms with Gasteiger partial charge >= 0.3 is 0 Å². The number of benzene rings is 12. The molecule has 0 saturated carbocycles. The molecule has 4 aliphatic rings. The Morgan fingerprint density at radius 3 is 1.05 bits per heavy atom. The smallest absolute Gasteiger partial charge is 0.0699 e. The molecule has 2 aliphatic carbocycles. The molecule has 0 saturated heterocycles. The van der Waals surface area contributed by atoms with E-state index in [1.54, 1.807) is 0 Å². The molecule has 4 heteroatoms. The molecule has 16 rings (SSSR count). The van der Waals surface area contributed by atoms with Crippen molar-refractivity contribution in [3.05, 3.63) is 265 Å². The lowest BCUT2D eigenvalue weighted by atomic mass is 9.79. The molecule has 12 aromatic rings. The third-order valence-corrected chi connectivity index (χ3v) is 18.5. The first kappa shape index (κ1) is 46.5. The van der Waals surface area contributed by atoms with Crippen LogP contribution in [0.2, 0.25) is 0 Å². The molecule has 0 aromatic heterocycles. The van der Waals surface area contributed by atoms with E-state index in [2.05, 4.69) is 304 Å². The summed E-state index contributed by atoms with van der Waals surface area (Å²) in [6.07, 6.45) is 0. The van der Waals surface area contributed by atoms with Crippen LogP contribution in [0.25, 0.3) is 77.2 Å². The molecular weight excluding hydrogens is 969 g/mol. The summed E-state index contributed by atoms with van der Waals surface area (Å²) in [5.41, 5.74) is 29.2. The minimum Gasteiger partial charge on any atom is -0.341 e. The van der Waals surface area contributed by atoms with Crippen molar-refractivity contribution in [2.24, 2.45) is 0 Å². The maximum absolute atomic E-state index is 2.52. The van der Waals surface area contributed by atoms with E-state index < -0.39 is 0 Å². The summed E-state index contributed by atoms with van der Waals surface area (Å²) in [7, 11) is 4.37. The van der Waals surface area contributed by atoms with Crippen molar-refractivity contribution in [2.75, 3.05) is 33.7 Å². The summed E-state index contributed by atoms with van der Waals surface area (Å²) in [5.74, 6) is 0. The van der Waals surface area contributed by atoms with Crippen LogP contribution >= 0.6 is 0 Å². The zero-order chi connectivity index (χ0) is 53.8. The fourth-order valence-corrected chi connectivity index (χ4v) is 14.6. The Balaban J connectivity index is 1.02. The molecule has 4 nitrogen and oxygen atoms in total. The van der Waals surface area contributed by atoms with Crippen LogP contribution in [0, 0.1) is 0 Å². The zero-order valence-corrected chi connectivity index (χ0v) is 45.9. The van der Waals surface area contributed by atoms with Gasteiger partial charge in [-0.15, -0.1) is 0 Å². The van der Waals surface area contributed by atoms with Crippen LogP contribution in [-0.4, -0.2) is 14.1 Å². The second-order valence-electron chi connectivity index (χ2n) is 23.4. The number of para-hydroxylation sites is 8. The Labute approximate surface area is 468 Å². The van der Waals surface area contributed by atoms with Crippen molar-refractivity contribution in [1.82, 2.24) is 0 Å². The molecule has 0 bridgehead atoms. The van der Waals surface area contributed by atoms with Crippen LogP contribution in [0.15, 0.2) is 243 Å². The lowest BCUT2D eigenvalue weighted by Gasteiger charge is -2.39. The van der Waals surface area contributed by atoms with Crippen molar-refractivity contribution < 1.29 is 0 Å². The molecule has 0 spiro atoms. The number of fused-ring (bicyclic) bond motifs is 12. The van der Waals surface area contributed by atoms with Gasteiger partial charge in [0.1, 0.15) is 0 Å². The highest BCUT2D eigenvalue weighted by Gasteiger charge is 2.38. The van der Waals surface area contributed by atoms with E-state index in [9.17, 15) is 0 Å². The fraction of sp³-hybridized carbons (Fsp3) is 0.105. The van der Waals surface area contributed by atoms with Crippen LogP contribution < -0.4 is 19.6 Å². The predicted molar refractivity (Wildman–Crippen MR) is 338 cm³/mol. The van der Waals surface area contributed by atoms with Crippen molar-refractivity contribution in [3.63, 3.8) is 0 Å². The van der Waals surface area contributed by atoms with Gasteiger partial charge in [0.2, 0.25) is 0 Å². The van der Waals surface area contributed by atoms with Crippen LogP contribution in [0.3, 0.4) is 0 Å². The first-order valence-corrected chi connectivity index (χ1v) is 28.1. The summed E-state index contributed by atoms with van der Waals surface area (Å²) < 4.78 is 0. The molecule has 0 radical (unpaired) electrons. The van der Waals surface area contributed by atoms with E-state index in [1.807, 2.05) is 0 Å². The monoisotopic (exact) mass is 1030 g/mol. The highest BCUT2D eigenvalue weighted by atomic mass is 15.3. The maximum atomic E-state index is 2.52. The van der Waals surface area contributed by atoms with Crippen LogP contribution in [0.1, 0.15) is 49.9 Å². The summed E-state index contributed by atoms with van der Waals surface area (Å²) in [5, 5.41) is 4.81. The normalized spacial score (nSPS) is 14.7. The van der Waals surface area contributed by atoms with Gasteiger partial charge in [0.05, 0.1) is 45.5 Å². The van der Waals surface area contributed by atoms with Crippen LogP contribution in [0.4, 0.5) is 56.9 Å². The quantitative estimate of drug-likeness (QED) is 0.159. The Kier molecular flexibility index (Phi) is 9.83. The molecule has 12 aromatic carbocycles. The van der Waals surface area contributed by atoms with Gasteiger partial charge in [-0.2, -0.15) is 0 Å². The third-order valence-electron chi connectivity index (χ3n) is 18.5. The lowest BCUT2D eigenvalue weighted by molar-refractivity contribution is 0.660.